The number of carboxylic acid groups (broad SMARTS) is 1. The molecule has 0 radical (unpaired) electrons. The molecule has 0 fully saturated rings. The van der Waals surface area contributed by atoms with Crippen LogP contribution in [0.2, 0.25) is 0 Å². The first-order chi connectivity index (χ1) is 25.9. The number of carbonyl (C=O) groups is 4. The summed E-state index contributed by atoms with van der Waals surface area (Å²) in [7, 11) is -4.07. The van der Waals surface area contributed by atoms with Crippen LogP contribution in [0.1, 0.15) is 64.9 Å². The van der Waals surface area contributed by atoms with Gasteiger partial charge < -0.3 is 35.3 Å². The Morgan fingerprint density at radius 3 is 2.41 bits per heavy atom. The van der Waals surface area contributed by atoms with Crippen LogP contribution in [0.25, 0.3) is 11.2 Å². The lowest BCUT2D eigenvalue weighted by Crippen LogP contribution is -2.41. The molecule has 280 valence electrons. The van der Waals surface area contributed by atoms with Crippen molar-refractivity contribution in [3.63, 3.8) is 0 Å². The molecule has 1 atom stereocenters. The molecule has 0 aliphatic rings. The number of carboxylic acids is 1. The number of ether oxygens (including phenoxy) is 1. The van der Waals surface area contributed by atoms with Crippen LogP contribution in [-0.4, -0.2) is 61.3 Å². The Hall–Kier alpha value is -6.75. The molecule has 0 aliphatic heterocycles. The van der Waals surface area contributed by atoms with Crippen molar-refractivity contribution >= 4 is 54.3 Å². The van der Waals surface area contributed by atoms with Crippen LogP contribution in [0.5, 0.6) is 5.75 Å². The van der Waals surface area contributed by atoms with Crippen LogP contribution in [0.4, 0.5) is 11.6 Å². The average molecular weight is 760 g/mol. The number of hydrogen-bond donors (Lipinski definition) is 5. The van der Waals surface area contributed by atoms with Crippen molar-refractivity contribution < 1.29 is 47.2 Å². The Labute approximate surface area is 307 Å². The van der Waals surface area contributed by atoms with E-state index in [1.807, 2.05) is 0 Å². The zero-order chi connectivity index (χ0) is 39.1. The molecular weight excluding hydrogens is 725 g/mol. The number of Topliss-reactive ketones (excluding diaryl/α,β-unsaturated/α-hetero) is 1. The van der Waals surface area contributed by atoms with Crippen LogP contribution in [0.15, 0.2) is 59.5 Å². The number of nitrogens with one attached hydrogen (secondary N) is 3. The zero-order valence-electron chi connectivity index (χ0n) is 28.5. The first-order valence-corrected chi connectivity index (χ1v) is 17.6. The van der Waals surface area contributed by atoms with Crippen LogP contribution >= 0.6 is 7.82 Å². The summed E-state index contributed by atoms with van der Waals surface area (Å²) >= 11 is 0. The number of nitrogens with two attached hydrogens (primary N) is 1. The summed E-state index contributed by atoms with van der Waals surface area (Å²) in [6.07, 6.45) is 15.4. The zero-order valence-corrected chi connectivity index (χ0v) is 29.4. The fourth-order valence-electron chi connectivity index (χ4n) is 4.78. The predicted octanol–water partition coefficient (Wildman–Crippen LogP) is 3.56. The van der Waals surface area contributed by atoms with Gasteiger partial charge >= 0.3 is 19.8 Å². The Morgan fingerprint density at radius 2 is 1.70 bits per heavy atom. The SMILES string of the molecule is C#COP(=O)(OC#C)OCCCCCC(=O)c1ccccc1OC(=O)CC[C@H](NC(=O)c1ccc(NCc2cnc3nc(N)[nH]c(=O)c3n2)cc1)C(=O)O. The molecule has 1 amide bonds. The number of terminal acetylenes is 2. The van der Waals surface area contributed by atoms with Crippen molar-refractivity contribution in [3.05, 3.63) is 81.9 Å². The van der Waals surface area contributed by atoms with Crippen LogP contribution in [-0.2, 0) is 34.3 Å². The van der Waals surface area contributed by atoms with Gasteiger partial charge in [-0.15, -0.1) is 0 Å². The van der Waals surface area contributed by atoms with E-state index >= 15 is 0 Å². The first kappa shape index (κ1) is 40.0. The van der Waals surface area contributed by atoms with Gasteiger partial charge in [0.05, 0.1) is 30.6 Å². The van der Waals surface area contributed by atoms with Gasteiger partial charge in [-0.3, -0.25) is 28.7 Å². The second-order valence-corrected chi connectivity index (χ2v) is 12.7. The van der Waals surface area contributed by atoms with Gasteiger partial charge in [0, 0.05) is 24.1 Å². The minimum atomic E-state index is -4.07. The van der Waals surface area contributed by atoms with E-state index in [4.69, 9.17) is 27.8 Å². The van der Waals surface area contributed by atoms with Gasteiger partial charge in [0.1, 0.15) is 24.0 Å². The number of phosphoric ester groups is 1. The number of esters is 1. The lowest BCUT2D eigenvalue weighted by atomic mass is 10.0. The van der Waals surface area contributed by atoms with Crippen molar-refractivity contribution in [3.8, 4) is 30.8 Å². The number of aromatic nitrogens is 4. The molecule has 0 spiro atoms. The van der Waals surface area contributed by atoms with E-state index in [0.29, 0.717) is 30.6 Å². The molecule has 18 nitrogen and oxygen atoms in total. The number of benzene rings is 2. The van der Waals surface area contributed by atoms with Crippen molar-refractivity contribution in [2.75, 3.05) is 17.7 Å². The Balaban J connectivity index is 1.23. The highest BCUT2D eigenvalue weighted by Gasteiger charge is 2.28. The van der Waals surface area contributed by atoms with Gasteiger partial charge in [0.15, 0.2) is 16.9 Å². The first-order valence-electron chi connectivity index (χ1n) is 16.2. The predicted molar refractivity (Wildman–Crippen MR) is 193 cm³/mol. The summed E-state index contributed by atoms with van der Waals surface area (Å²) in [6, 6.07) is 10.8. The quantitative estimate of drug-likeness (QED) is 0.0215. The molecule has 0 saturated heterocycles. The van der Waals surface area contributed by atoms with Crippen LogP contribution in [0.3, 0.4) is 0 Å². The molecular formula is C35H34N7O11P. The summed E-state index contributed by atoms with van der Waals surface area (Å²) in [6.45, 7) is 0.127. The molecule has 6 N–H and O–H groups in total. The highest BCUT2D eigenvalue weighted by Crippen LogP contribution is 2.48. The molecule has 2 aromatic heterocycles. The lowest BCUT2D eigenvalue weighted by Gasteiger charge is -2.15. The van der Waals surface area contributed by atoms with Gasteiger partial charge in [-0.1, -0.05) is 31.4 Å². The summed E-state index contributed by atoms with van der Waals surface area (Å²) in [5, 5.41) is 15.2. The van der Waals surface area contributed by atoms with E-state index in [-0.39, 0.29) is 72.2 Å². The number of carbonyl (C=O) groups excluding carboxylic acids is 3. The molecule has 0 bridgehead atoms. The molecule has 4 aromatic rings. The number of aromatic amines is 1. The number of unbranched alkanes of at least 4 members (excludes halogenated alkanes) is 2. The molecule has 2 heterocycles. The number of rotatable bonds is 20. The standard InChI is InChI=1S/C35H34N7O11P/c1-3-50-54(49,51-4-2)52-19-9-5-6-11-27(43)25-10-7-8-12-28(25)53-29(44)18-17-26(34(47)48)40-32(45)22-13-15-23(16-14-22)37-20-24-21-38-31-30(39-24)33(46)42-35(36)41-31/h1-2,7-8,10,12-16,21,26,37H,5-6,9,11,17-20H2,(H,40,45)(H,47,48)(H3,36,38,41,42,46)/t26-/m0/s1. The number of aliphatic carboxylic acids is 1. The van der Waals surface area contributed by atoms with Crippen LogP contribution < -0.4 is 26.7 Å². The molecule has 0 saturated carbocycles. The number of hydrogen-bond acceptors (Lipinski definition) is 15. The van der Waals surface area contributed by atoms with Crippen LogP contribution in [0, 0.1) is 25.1 Å². The second kappa shape index (κ2) is 19.2. The van der Waals surface area contributed by atoms with Crippen molar-refractivity contribution in [2.45, 2.75) is 51.1 Å². The number of fused-ring (bicyclic) bond motifs is 1. The summed E-state index contributed by atoms with van der Waals surface area (Å²) in [4.78, 5) is 77.1. The van der Waals surface area contributed by atoms with Crippen molar-refractivity contribution in [1.82, 2.24) is 25.3 Å². The summed E-state index contributed by atoms with van der Waals surface area (Å²) < 4.78 is 31.4. The highest BCUT2D eigenvalue weighted by molar-refractivity contribution is 7.48. The Kier molecular flexibility index (Phi) is 14.2. The smallest absolute Gasteiger partial charge is 0.480 e. The number of nitrogens with zero attached hydrogens (tertiary/aromatic N) is 3. The number of anilines is 2. The van der Waals surface area contributed by atoms with E-state index in [9.17, 15) is 33.6 Å². The molecule has 0 unspecified atom stereocenters. The van der Waals surface area contributed by atoms with Gasteiger partial charge in [-0.2, -0.15) is 4.98 Å². The summed E-state index contributed by atoms with van der Waals surface area (Å²) in [5.74, 6) is -3.24. The summed E-state index contributed by atoms with van der Waals surface area (Å²) in [5.41, 5.74) is 6.48. The van der Waals surface area contributed by atoms with Crippen molar-refractivity contribution in [1.29, 1.82) is 0 Å². The van der Waals surface area contributed by atoms with Gasteiger partial charge in [0.25, 0.3) is 11.5 Å². The molecule has 2 aromatic carbocycles. The van der Waals surface area contributed by atoms with E-state index < -0.39 is 37.3 Å². The molecule has 19 heteroatoms. The van der Waals surface area contributed by atoms with Gasteiger partial charge in [0.2, 0.25) is 5.95 Å². The van der Waals surface area contributed by atoms with Gasteiger partial charge in [-0.25, -0.2) is 19.3 Å². The molecule has 4 rings (SSSR count). The van der Waals surface area contributed by atoms with E-state index in [1.54, 1.807) is 36.5 Å². The number of ketones is 1. The molecule has 0 aliphatic carbocycles. The van der Waals surface area contributed by atoms with E-state index in [2.05, 4.69) is 39.6 Å². The topological polar surface area (TPSA) is 264 Å². The number of nitrogen functional groups attached to an aromatic ring is 1. The van der Waals surface area contributed by atoms with E-state index in [1.165, 1.54) is 30.5 Å². The van der Waals surface area contributed by atoms with Gasteiger partial charge in [-0.05, 0) is 55.7 Å². The second-order valence-electron chi connectivity index (χ2n) is 11.2. The molecule has 54 heavy (non-hydrogen) atoms. The third-order valence-corrected chi connectivity index (χ3v) is 8.54. The average Bonchev–Trinajstić information content (AvgIpc) is 3.14. The fourth-order valence-corrected chi connectivity index (χ4v) is 5.54. The minimum Gasteiger partial charge on any atom is -0.480 e. The Morgan fingerprint density at radius 1 is 0.981 bits per heavy atom. The fraction of sp³-hybridized carbons (Fsp3) is 0.257. The third-order valence-electron chi connectivity index (χ3n) is 7.39. The third kappa shape index (κ3) is 11.6. The minimum absolute atomic E-state index is 0.00256. The largest absolute Gasteiger partial charge is 0.604 e. The maximum absolute atomic E-state index is 12.9. The number of para-hydroxylation sites is 1. The van der Waals surface area contributed by atoms with E-state index in [0.717, 1.165) is 0 Å². The number of amides is 1. The lowest BCUT2D eigenvalue weighted by molar-refractivity contribution is -0.140. The number of H-pyrrole nitrogens is 1. The monoisotopic (exact) mass is 759 g/mol. The highest BCUT2D eigenvalue weighted by atomic mass is 31.2. The normalized spacial score (nSPS) is 11.4. The number of phosphoric acid groups is 1. The maximum Gasteiger partial charge on any atom is 0.604 e. The Bertz CT molecular complexity index is 2180. The van der Waals surface area contributed by atoms with Crippen molar-refractivity contribution in [2.24, 2.45) is 0 Å². The maximum atomic E-state index is 12.9.